The van der Waals surface area contributed by atoms with Gasteiger partial charge < -0.3 is 5.73 Å². The molecule has 2 N–H and O–H groups in total. The van der Waals surface area contributed by atoms with Crippen LogP contribution in [-0.4, -0.2) is 24.0 Å². The number of nitrogens with two attached hydrogens (primary N) is 1. The second kappa shape index (κ2) is 6.06. The highest BCUT2D eigenvalue weighted by molar-refractivity contribution is 5.38. The van der Waals surface area contributed by atoms with Gasteiger partial charge >= 0.3 is 0 Å². The summed E-state index contributed by atoms with van der Waals surface area (Å²) >= 11 is 0. The maximum Gasteiger partial charge on any atom is 0.0247 e. The van der Waals surface area contributed by atoms with Crippen LogP contribution in [0.1, 0.15) is 47.9 Å². The monoisotopic (exact) mass is 260 g/mol. The summed E-state index contributed by atoms with van der Waals surface area (Å²) < 4.78 is 0. The summed E-state index contributed by atoms with van der Waals surface area (Å²) in [5, 5.41) is 0. The molecule has 0 heterocycles. The van der Waals surface area contributed by atoms with E-state index in [9.17, 15) is 0 Å². The Kier molecular flexibility index (Phi) is 4.64. The number of hydrogen-bond donors (Lipinski definition) is 1. The third kappa shape index (κ3) is 3.18. The fourth-order valence-electron chi connectivity index (χ4n) is 3.26. The maximum absolute atomic E-state index is 6.28. The molecular formula is C17H28N2. The van der Waals surface area contributed by atoms with Crippen molar-refractivity contribution in [3.05, 3.63) is 34.4 Å². The van der Waals surface area contributed by atoms with E-state index in [0.717, 1.165) is 6.54 Å². The first-order valence-electron chi connectivity index (χ1n) is 7.52. The number of hydrogen-bond acceptors (Lipinski definition) is 2. The van der Waals surface area contributed by atoms with Gasteiger partial charge in [0.05, 0.1) is 0 Å². The molecule has 0 saturated heterocycles. The molecule has 2 nitrogen and oxygen atoms in total. The van der Waals surface area contributed by atoms with Crippen molar-refractivity contribution in [1.29, 1.82) is 0 Å². The molecule has 1 aliphatic rings. The van der Waals surface area contributed by atoms with Crippen molar-refractivity contribution in [2.75, 3.05) is 7.05 Å². The molecule has 1 saturated carbocycles. The Morgan fingerprint density at radius 3 is 2.47 bits per heavy atom. The van der Waals surface area contributed by atoms with E-state index in [2.05, 4.69) is 44.9 Å². The van der Waals surface area contributed by atoms with Gasteiger partial charge in [0.2, 0.25) is 0 Å². The van der Waals surface area contributed by atoms with Gasteiger partial charge in [0.25, 0.3) is 0 Å². The summed E-state index contributed by atoms with van der Waals surface area (Å²) in [5.41, 5.74) is 12.0. The van der Waals surface area contributed by atoms with Crippen LogP contribution in [0.3, 0.4) is 0 Å². The Morgan fingerprint density at radius 2 is 1.79 bits per heavy atom. The van der Waals surface area contributed by atoms with Gasteiger partial charge in [0.15, 0.2) is 0 Å². The van der Waals surface area contributed by atoms with Crippen LogP contribution >= 0.6 is 0 Å². The molecule has 0 spiro atoms. The lowest BCUT2D eigenvalue weighted by Crippen LogP contribution is -2.47. The molecule has 0 radical (unpaired) electrons. The molecule has 0 aliphatic heterocycles. The Hall–Kier alpha value is -0.860. The highest BCUT2D eigenvalue weighted by atomic mass is 15.1. The van der Waals surface area contributed by atoms with E-state index in [1.807, 2.05) is 0 Å². The van der Waals surface area contributed by atoms with Crippen molar-refractivity contribution in [2.24, 2.45) is 5.73 Å². The zero-order valence-electron chi connectivity index (χ0n) is 12.9. The van der Waals surface area contributed by atoms with Gasteiger partial charge in [-0.05, 0) is 62.9 Å². The molecule has 1 aliphatic carbocycles. The normalized spacial score (nSPS) is 23.9. The fourth-order valence-corrected chi connectivity index (χ4v) is 3.26. The van der Waals surface area contributed by atoms with E-state index in [1.54, 1.807) is 0 Å². The van der Waals surface area contributed by atoms with Crippen LogP contribution in [0, 0.1) is 20.8 Å². The van der Waals surface area contributed by atoms with Gasteiger partial charge in [-0.15, -0.1) is 0 Å². The predicted molar refractivity (Wildman–Crippen MR) is 82.4 cm³/mol. The van der Waals surface area contributed by atoms with E-state index < -0.39 is 0 Å². The van der Waals surface area contributed by atoms with E-state index in [4.69, 9.17) is 5.73 Å². The number of nitrogens with zero attached hydrogens (tertiary/aromatic N) is 1. The second-order valence-corrected chi connectivity index (χ2v) is 6.22. The Morgan fingerprint density at radius 1 is 1.11 bits per heavy atom. The van der Waals surface area contributed by atoms with Gasteiger partial charge in [0.1, 0.15) is 0 Å². The van der Waals surface area contributed by atoms with Crippen molar-refractivity contribution in [3.63, 3.8) is 0 Å². The van der Waals surface area contributed by atoms with Crippen molar-refractivity contribution in [1.82, 2.24) is 4.90 Å². The summed E-state index contributed by atoms with van der Waals surface area (Å²) in [4.78, 5) is 2.46. The smallest absolute Gasteiger partial charge is 0.0247 e. The highest BCUT2D eigenvalue weighted by Gasteiger charge is 2.25. The minimum absolute atomic E-state index is 0.352. The van der Waals surface area contributed by atoms with Crippen LogP contribution in [0.25, 0.3) is 0 Å². The van der Waals surface area contributed by atoms with Crippen molar-refractivity contribution < 1.29 is 0 Å². The lowest BCUT2D eigenvalue weighted by atomic mass is 9.89. The topological polar surface area (TPSA) is 29.3 Å². The zero-order valence-corrected chi connectivity index (χ0v) is 12.9. The number of benzene rings is 1. The Balaban J connectivity index is 2.10. The van der Waals surface area contributed by atoms with Gasteiger partial charge in [0, 0.05) is 18.6 Å². The first-order chi connectivity index (χ1) is 9.00. The quantitative estimate of drug-likeness (QED) is 0.903. The van der Waals surface area contributed by atoms with E-state index in [0.29, 0.717) is 12.1 Å². The molecule has 106 valence electrons. The molecule has 1 fully saturated rings. The van der Waals surface area contributed by atoms with E-state index in [1.165, 1.54) is 47.9 Å². The molecule has 19 heavy (non-hydrogen) atoms. The molecule has 2 unspecified atom stereocenters. The summed E-state index contributed by atoms with van der Waals surface area (Å²) in [7, 11) is 2.23. The lowest BCUT2D eigenvalue weighted by Gasteiger charge is -2.36. The highest BCUT2D eigenvalue weighted by Crippen LogP contribution is 2.24. The van der Waals surface area contributed by atoms with Gasteiger partial charge in [-0.3, -0.25) is 4.90 Å². The number of rotatable bonds is 3. The SMILES string of the molecule is Cc1ccc(CN(C)C2CCCCC2N)c(C)c1C. The van der Waals surface area contributed by atoms with Crippen molar-refractivity contribution in [2.45, 2.75) is 65.1 Å². The molecule has 2 rings (SSSR count). The fraction of sp³-hybridized carbons (Fsp3) is 0.647. The standard InChI is InChI=1S/C17H28N2/c1-12-9-10-15(14(3)13(12)2)11-19(4)17-8-6-5-7-16(17)18/h9-10,16-17H,5-8,11,18H2,1-4H3. The first kappa shape index (κ1) is 14.5. The number of likely N-dealkylation sites (N-methyl/N-ethyl adjacent to an activating group) is 1. The van der Waals surface area contributed by atoms with E-state index in [-0.39, 0.29) is 0 Å². The Bertz CT molecular complexity index is 439. The molecule has 0 aromatic heterocycles. The third-order valence-corrected chi connectivity index (χ3v) is 4.94. The molecule has 1 aromatic carbocycles. The largest absolute Gasteiger partial charge is 0.326 e. The minimum Gasteiger partial charge on any atom is -0.326 e. The van der Waals surface area contributed by atoms with Crippen LogP contribution in [0.5, 0.6) is 0 Å². The minimum atomic E-state index is 0.352. The second-order valence-electron chi connectivity index (χ2n) is 6.22. The van der Waals surface area contributed by atoms with Crippen LogP contribution in [0.4, 0.5) is 0 Å². The number of aryl methyl sites for hydroxylation is 1. The summed E-state index contributed by atoms with van der Waals surface area (Å²) in [5.74, 6) is 0. The first-order valence-corrected chi connectivity index (χ1v) is 7.52. The van der Waals surface area contributed by atoms with Gasteiger partial charge in [-0.1, -0.05) is 25.0 Å². The molecule has 1 aromatic rings. The molecule has 2 atom stereocenters. The van der Waals surface area contributed by atoms with Crippen molar-refractivity contribution in [3.8, 4) is 0 Å². The summed E-state index contributed by atoms with van der Waals surface area (Å²) in [6, 6.07) is 5.43. The zero-order chi connectivity index (χ0) is 14.0. The lowest BCUT2D eigenvalue weighted by molar-refractivity contribution is 0.162. The van der Waals surface area contributed by atoms with Gasteiger partial charge in [-0.2, -0.15) is 0 Å². The summed E-state index contributed by atoms with van der Waals surface area (Å²) in [6.45, 7) is 7.67. The van der Waals surface area contributed by atoms with Crippen LogP contribution < -0.4 is 5.73 Å². The summed E-state index contributed by atoms with van der Waals surface area (Å²) in [6.07, 6.45) is 5.06. The molecule has 0 amide bonds. The predicted octanol–water partition coefficient (Wildman–Crippen LogP) is 3.31. The Labute approximate surface area is 118 Å². The third-order valence-electron chi connectivity index (χ3n) is 4.94. The average Bonchev–Trinajstić information content (AvgIpc) is 2.40. The van der Waals surface area contributed by atoms with Gasteiger partial charge in [-0.25, -0.2) is 0 Å². The maximum atomic E-state index is 6.28. The van der Waals surface area contributed by atoms with Crippen LogP contribution in [0.2, 0.25) is 0 Å². The van der Waals surface area contributed by atoms with E-state index >= 15 is 0 Å². The average molecular weight is 260 g/mol. The van der Waals surface area contributed by atoms with Crippen LogP contribution in [-0.2, 0) is 6.54 Å². The van der Waals surface area contributed by atoms with Crippen LogP contribution in [0.15, 0.2) is 12.1 Å². The molecule has 0 bridgehead atoms. The molecular weight excluding hydrogens is 232 g/mol. The molecule has 2 heteroatoms. The van der Waals surface area contributed by atoms with Crippen molar-refractivity contribution >= 4 is 0 Å².